The first-order valence-corrected chi connectivity index (χ1v) is 6.78. The summed E-state index contributed by atoms with van der Waals surface area (Å²) in [7, 11) is 0. The zero-order chi connectivity index (χ0) is 12.9. The molecule has 98 valence electrons. The fourth-order valence-corrected chi connectivity index (χ4v) is 1.76. The second kappa shape index (κ2) is 11.6. The number of nitrogens with zero attached hydrogens (tertiary/aromatic N) is 2. The van der Waals surface area contributed by atoms with Crippen LogP contribution in [0.25, 0.3) is 0 Å². The molecule has 0 radical (unpaired) electrons. The second-order valence-electron chi connectivity index (χ2n) is 4.29. The van der Waals surface area contributed by atoms with Crippen molar-refractivity contribution in [2.24, 2.45) is 4.99 Å². The minimum absolute atomic E-state index is 1.02. The van der Waals surface area contributed by atoms with Gasteiger partial charge in [-0.3, -0.25) is 9.89 Å². The number of rotatable bonds is 10. The Kier molecular flexibility index (Phi) is 11.0. The summed E-state index contributed by atoms with van der Waals surface area (Å²) in [4.78, 5) is 6.24. The van der Waals surface area contributed by atoms with Gasteiger partial charge in [-0.15, -0.1) is 0 Å². The van der Waals surface area contributed by atoms with E-state index >= 15 is 0 Å². The van der Waals surface area contributed by atoms with Crippen molar-refractivity contribution in [2.45, 2.75) is 46.5 Å². The van der Waals surface area contributed by atoms with Crippen LogP contribution in [0.4, 0.5) is 0 Å². The lowest BCUT2D eigenvalue weighted by Crippen LogP contribution is -2.26. The third-order valence-electron chi connectivity index (χ3n) is 2.95. The highest BCUT2D eigenvalue weighted by Crippen LogP contribution is 2.05. The van der Waals surface area contributed by atoms with Gasteiger partial charge in [-0.2, -0.15) is 0 Å². The highest BCUT2D eigenvalue weighted by Gasteiger charge is 2.03. The van der Waals surface area contributed by atoms with Crippen molar-refractivity contribution in [3.63, 3.8) is 0 Å². The van der Waals surface area contributed by atoms with Crippen LogP contribution in [0.3, 0.4) is 0 Å². The highest BCUT2D eigenvalue weighted by molar-refractivity contribution is 5.28. The van der Waals surface area contributed by atoms with E-state index in [9.17, 15) is 0 Å². The van der Waals surface area contributed by atoms with Gasteiger partial charge < -0.3 is 0 Å². The SMILES string of the molecule is C=N/C=C\C(=C/C)CN(CC)CCCCCC. The molecule has 0 saturated carbocycles. The van der Waals surface area contributed by atoms with Gasteiger partial charge in [0.1, 0.15) is 0 Å². The lowest BCUT2D eigenvalue weighted by molar-refractivity contribution is 0.305. The first-order valence-electron chi connectivity index (χ1n) is 6.78. The standard InChI is InChI=1S/C15H28N2/c1-5-8-9-10-13-17(7-3)14-15(6-2)11-12-16-4/h6,11-12H,4-5,7-10,13-14H2,1-3H3/b12-11-,15-6+. The van der Waals surface area contributed by atoms with Crippen LogP contribution in [0, 0.1) is 0 Å². The molecule has 17 heavy (non-hydrogen) atoms. The van der Waals surface area contributed by atoms with Crippen LogP contribution < -0.4 is 0 Å². The van der Waals surface area contributed by atoms with Crippen LogP contribution in [0.1, 0.15) is 46.5 Å². The van der Waals surface area contributed by atoms with Crippen LogP contribution in [0.2, 0.25) is 0 Å². The predicted molar refractivity (Wildman–Crippen MR) is 78.7 cm³/mol. The molecule has 0 aromatic heterocycles. The van der Waals surface area contributed by atoms with E-state index in [-0.39, 0.29) is 0 Å². The smallest absolute Gasteiger partial charge is 0.0263 e. The van der Waals surface area contributed by atoms with Crippen LogP contribution in [-0.2, 0) is 0 Å². The Morgan fingerprint density at radius 3 is 2.53 bits per heavy atom. The zero-order valence-corrected chi connectivity index (χ0v) is 11.8. The summed E-state index contributed by atoms with van der Waals surface area (Å²) in [5.74, 6) is 0. The summed E-state index contributed by atoms with van der Waals surface area (Å²) >= 11 is 0. The molecule has 0 N–H and O–H groups in total. The molecular formula is C15H28N2. The fraction of sp³-hybridized carbons (Fsp3) is 0.667. The number of hydrogen-bond donors (Lipinski definition) is 0. The summed E-state index contributed by atoms with van der Waals surface area (Å²) in [6, 6.07) is 0. The highest BCUT2D eigenvalue weighted by atomic mass is 15.1. The van der Waals surface area contributed by atoms with E-state index in [1.54, 1.807) is 6.20 Å². The monoisotopic (exact) mass is 236 g/mol. The Morgan fingerprint density at radius 2 is 2.00 bits per heavy atom. The first-order chi connectivity index (χ1) is 8.28. The van der Waals surface area contributed by atoms with Gasteiger partial charge in [0.05, 0.1) is 0 Å². The molecule has 0 bridgehead atoms. The average Bonchev–Trinajstić information content (AvgIpc) is 2.37. The van der Waals surface area contributed by atoms with Gasteiger partial charge in [-0.25, -0.2) is 0 Å². The van der Waals surface area contributed by atoms with Gasteiger partial charge in [0.15, 0.2) is 0 Å². The maximum atomic E-state index is 3.75. The predicted octanol–water partition coefficient (Wildman–Crippen LogP) is 4.05. The second-order valence-corrected chi connectivity index (χ2v) is 4.29. The molecular weight excluding hydrogens is 208 g/mol. The fourth-order valence-electron chi connectivity index (χ4n) is 1.76. The quantitative estimate of drug-likeness (QED) is 0.317. The maximum absolute atomic E-state index is 3.75. The van der Waals surface area contributed by atoms with Gasteiger partial charge in [-0.1, -0.05) is 39.2 Å². The number of aliphatic imine (C=N–C) groups is 1. The third kappa shape index (κ3) is 8.87. The first kappa shape index (κ1) is 16.1. The molecule has 0 aliphatic carbocycles. The zero-order valence-electron chi connectivity index (χ0n) is 11.8. The van der Waals surface area contributed by atoms with E-state index in [2.05, 4.69) is 43.5 Å². The van der Waals surface area contributed by atoms with Gasteiger partial charge in [0.2, 0.25) is 0 Å². The van der Waals surface area contributed by atoms with E-state index in [0.29, 0.717) is 0 Å². The lowest BCUT2D eigenvalue weighted by atomic mass is 10.2. The topological polar surface area (TPSA) is 15.6 Å². The van der Waals surface area contributed by atoms with Crippen molar-refractivity contribution in [2.75, 3.05) is 19.6 Å². The molecule has 0 atom stereocenters. The Balaban J connectivity index is 4.00. The molecule has 0 unspecified atom stereocenters. The third-order valence-corrected chi connectivity index (χ3v) is 2.95. The van der Waals surface area contributed by atoms with E-state index in [1.807, 2.05) is 6.08 Å². The van der Waals surface area contributed by atoms with Gasteiger partial charge >= 0.3 is 0 Å². The maximum Gasteiger partial charge on any atom is 0.0263 e. The van der Waals surface area contributed by atoms with Crippen molar-refractivity contribution in [3.05, 3.63) is 23.9 Å². The van der Waals surface area contributed by atoms with Crippen molar-refractivity contribution >= 4 is 6.72 Å². The molecule has 0 rings (SSSR count). The van der Waals surface area contributed by atoms with E-state index in [1.165, 1.54) is 37.8 Å². The summed E-state index contributed by atoms with van der Waals surface area (Å²) in [6.07, 6.45) is 11.3. The molecule has 0 aromatic rings. The Bertz CT molecular complexity index is 241. The number of allylic oxidation sites excluding steroid dienone is 1. The van der Waals surface area contributed by atoms with Gasteiger partial charge in [-0.05, 0) is 44.8 Å². The van der Waals surface area contributed by atoms with Gasteiger partial charge in [0, 0.05) is 12.7 Å². The molecule has 0 aliphatic heterocycles. The lowest BCUT2D eigenvalue weighted by Gasteiger charge is -2.20. The molecule has 0 aliphatic rings. The minimum atomic E-state index is 1.02. The van der Waals surface area contributed by atoms with E-state index < -0.39 is 0 Å². The molecule has 0 spiro atoms. The van der Waals surface area contributed by atoms with Crippen LogP contribution >= 0.6 is 0 Å². The number of hydrogen-bond acceptors (Lipinski definition) is 2. The molecule has 0 aromatic carbocycles. The van der Waals surface area contributed by atoms with E-state index in [0.717, 1.165) is 13.1 Å². The van der Waals surface area contributed by atoms with Crippen LogP contribution in [0.15, 0.2) is 28.9 Å². The van der Waals surface area contributed by atoms with Crippen molar-refractivity contribution in [1.29, 1.82) is 0 Å². The molecule has 0 fully saturated rings. The largest absolute Gasteiger partial charge is 0.299 e. The number of unbranched alkanes of at least 4 members (excludes halogenated alkanes) is 3. The molecule has 2 nitrogen and oxygen atoms in total. The van der Waals surface area contributed by atoms with E-state index in [4.69, 9.17) is 0 Å². The molecule has 2 heteroatoms. The average molecular weight is 236 g/mol. The summed E-state index contributed by atoms with van der Waals surface area (Å²) in [5.41, 5.74) is 1.31. The van der Waals surface area contributed by atoms with Crippen LogP contribution in [-0.4, -0.2) is 31.3 Å². The summed E-state index contributed by atoms with van der Waals surface area (Å²) < 4.78 is 0. The van der Waals surface area contributed by atoms with Crippen LogP contribution in [0.5, 0.6) is 0 Å². The summed E-state index contributed by atoms with van der Waals surface area (Å²) in [6.45, 7) is 13.3. The minimum Gasteiger partial charge on any atom is -0.299 e. The Morgan fingerprint density at radius 1 is 1.24 bits per heavy atom. The van der Waals surface area contributed by atoms with Gasteiger partial charge in [0.25, 0.3) is 0 Å². The summed E-state index contributed by atoms with van der Waals surface area (Å²) in [5, 5.41) is 0. The number of likely N-dealkylation sites (N-methyl/N-ethyl adjacent to an activating group) is 1. The Labute approximate surface area is 107 Å². The molecule has 0 amide bonds. The normalized spacial score (nSPS) is 12.6. The molecule has 0 saturated heterocycles. The van der Waals surface area contributed by atoms with Crippen molar-refractivity contribution < 1.29 is 0 Å². The molecule has 0 heterocycles. The van der Waals surface area contributed by atoms with Crippen molar-refractivity contribution in [1.82, 2.24) is 4.90 Å². The van der Waals surface area contributed by atoms with Crippen molar-refractivity contribution in [3.8, 4) is 0 Å². The Hall–Kier alpha value is -0.890.